The van der Waals surface area contributed by atoms with Gasteiger partial charge < -0.3 is 0 Å². The van der Waals surface area contributed by atoms with E-state index in [1.54, 1.807) is 0 Å². The predicted molar refractivity (Wildman–Crippen MR) is 59.8 cm³/mol. The zero-order valence-corrected chi connectivity index (χ0v) is 9.40. The molecule has 68 valence electrons. The molecule has 2 heteroatoms. The Hall–Kier alpha value is 0.700. The molecule has 0 saturated heterocycles. The zero-order valence-electron chi connectivity index (χ0n) is 7.77. The summed E-state index contributed by atoms with van der Waals surface area (Å²) in [5, 5.41) is 0. The lowest BCUT2D eigenvalue weighted by Gasteiger charge is -1.98. The molecule has 0 atom stereocenters. The Labute approximate surface area is 79.9 Å². The topological polar surface area (TPSA) is 0 Å². The van der Waals surface area contributed by atoms with Gasteiger partial charge in [-0.15, -0.1) is 0 Å². The minimum atomic E-state index is 1.35. The number of thioether (sulfide) groups is 2. The molecule has 0 heterocycles. The summed E-state index contributed by atoms with van der Waals surface area (Å²) in [5.74, 6) is 2.70. The lowest BCUT2D eigenvalue weighted by molar-refractivity contribution is 0.663. The first-order valence-electron chi connectivity index (χ1n) is 4.39. The van der Waals surface area contributed by atoms with Crippen molar-refractivity contribution in [1.82, 2.24) is 0 Å². The summed E-state index contributed by atoms with van der Waals surface area (Å²) in [5.41, 5.74) is 0. The van der Waals surface area contributed by atoms with E-state index < -0.39 is 0 Å². The van der Waals surface area contributed by atoms with Crippen LogP contribution in [-0.4, -0.2) is 24.0 Å². The van der Waals surface area contributed by atoms with E-state index in [9.17, 15) is 0 Å². The van der Waals surface area contributed by atoms with Gasteiger partial charge in [-0.25, -0.2) is 0 Å². The maximum atomic E-state index is 2.19. The highest BCUT2D eigenvalue weighted by Gasteiger charge is 1.89. The van der Waals surface area contributed by atoms with Crippen LogP contribution in [0.1, 0.15) is 32.1 Å². The van der Waals surface area contributed by atoms with E-state index in [-0.39, 0.29) is 0 Å². The molecule has 0 rings (SSSR count). The number of hydrogen-bond acceptors (Lipinski definition) is 2. The van der Waals surface area contributed by atoms with E-state index >= 15 is 0 Å². The molecule has 0 N–H and O–H groups in total. The lowest BCUT2D eigenvalue weighted by atomic mass is 10.2. The summed E-state index contributed by atoms with van der Waals surface area (Å²) in [6.45, 7) is 0. The van der Waals surface area contributed by atoms with Gasteiger partial charge in [-0.05, 0) is 36.9 Å². The normalized spacial score (nSPS) is 10.4. The molecular formula is C9H20S2. The molecule has 0 spiro atoms. The molecule has 0 aromatic carbocycles. The van der Waals surface area contributed by atoms with Crippen molar-refractivity contribution in [3.63, 3.8) is 0 Å². The summed E-state index contributed by atoms with van der Waals surface area (Å²) in [6, 6.07) is 0. The molecule has 0 aliphatic carbocycles. The van der Waals surface area contributed by atoms with E-state index in [1.807, 2.05) is 23.5 Å². The van der Waals surface area contributed by atoms with Crippen LogP contribution in [0.3, 0.4) is 0 Å². The van der Waals surface area contributed by atoms with Crippen molar-refractivity contribution < 1.29 is 0 Å². The standard InChI is InChI=1S/C9H20S2/c1-10-8-6-4-3-5-7-9-11-2/h3-9H2,1-2H3. The Balaban J connectivity index is 2.69. The molecule has 0 saturated carbocycles. The van der Waals surface area contributed by atoms with Crippen molar-refractivity contribution in [3.05, 3.63) is 0 Å². The molecular weight excluding hydrogens is 172 g/mol. The third kappa shape index (κ3) is 10.7. The van der Waals surface area contributed by atoms with Crippen LogP contribution in [0, 0.1) is 0 Å². The van der Waals surface area contributed by atoms with Gasteiger partial charge in [0.05, 0.1) is 0 Å². The lowest BCUT2D eigenvalue weighted by Crippen LogP contribution is -1.82. The van der Waals surface area contributed by atoms with Crippen LogP contribution in [0.25, 0.3) is 0 Å². The van der Waals surface area contributed by atoms with E-state index in [2.05, 4.69) is 12.5 Å². The molecule has 0 fully saturated rings. The molecule has 0 aliphatic rings. The molecule has 0 aliphatic heterocycles. The van der Waals surface area contributed by atoms with E-state index in [0.717, 1.165) is 0 Å². The van der Waals surface area contributed by atoms with Crippen LogP contribution in [0.2, 0.25) is 0 Å². The fourth-order valence-electron chi connectivity index (χ4n) is 1.02. The molecule has 0 bridgehead atoms. The fourth-order valence-corrected chi connectivity index (χ4v) is 2.01. The molecule has 0 unspecified atom stereocenters. The van der Waals surface area contributed by atoms with Crippen LogP contribution >= 0.6 is 23.5 Å². The fraction of sp³-hybridized carbons (Fsp3) is 1.00. The minimum absolute atomic E-state index is 1.35. The largest absolute Gasteiger partial charge is 0.165 e. The van der Waals surface area contributed by atoms with E-state index in [0.29, 0.717) is 0 Å². The molecule has 0 amide bonds. The van der Waals surface area contributed by atoms with Gasteiger partial charge in [0.2, 0.25) is 0 Å². The predicted octanol–water partition coefficient (Wildman–Crippen LogP) is 3.66. The number of unbranched alkanes of at least 4 members (excludes halogenated alkanes) is 4. The molecule has 0 aromatic heterocycles. The van der Waals surface area contributed by atoms with E-state index in [1.165, 1.54) is 43.6 Å². The average molecular weight is 192 g/mol. The van der Waals surface area contributed by atoms with Crippen molar-refractivity contribution in [2.24, 2.45) is 0 Å². The van der Waals surface area contributed by atoms with Crippen LogP contribution < -0.4 is 0 Å². The zero-order chi connectivity index (χ0) is 8.36. The first-order chi connectivity index (χ1) is 5.41. The van der Waals surface area contributed by atoms with Crippen LogP contribution in [-0.2, 0) is 0 Å². The van der Waals surface area contributed by atoms with Crippen LogP contribution in [0.5, 0.6) is 0 Å². The monoisotopic (exact) mass is 192 g/mol. The Kier molecular flexibility index (Phi) is 11.4. The van der Waals surface area contributed by atoms with Gasteiger partial charge in [-0.3, -0.25) is 0 Å². The number of rotatable bonds is 8. The third-order valence-corrected chi connectivity index (χ3v) is 3.09. The van der Waals surface area contributed by atoms with E-state index in [4.69, 9.17) is 0 Å². The van der Waals surface area contributed by atoms with Crippen LogP contribution in [0.4, 0.5) is 0 Å². The molecule has 0 radical (unpaired) electrons. The van der Waals surface area contributed by atoms with Gasteiger partial charge >= 0.3 is 0 Å². The first-order valence-corrected chi connectivity index (χ1v) is 7.18. The summed E-state index contributed by atoms with van der Waals surface area (Å²) in [4.78, 5) is 0. The van der Waals surface area contributed by atoms with Crippen molar-refractivity contribution in [3.8, 4) is 0 Å². The maximum Gasteiger partial charge on any atom is -0.00703 e. The van der Waals surface area contributed by atoms with Gasteiger partial charge in [0, 0.05) is 0 Å². The Morgan fingerprint density at radius 2 is 1.00 bits per heavy atom. The highest BCUT2D eigenvalue weighted by Crippen LogP contribution is 2.08. The Morgan fingerprint density at radius 3 is 1.36 bits per heavy atom. The van der Waals surface area contributed by atoms with Gasteiger partial charge in [0.15, 0.2) is 0 Å². The second kappa shape index (κ2) is 10.7. The van der Waals surface area contributed by atoms with Gasteiger partial charge in [0.25, 0.3) is 0 Å². The average Bonchev–Trinajstić information content (AvgIpc) is 2.03. The quantitative estimate of drug-likeness (QED) is 0.538. The van der Waals surface area contributed by atoms with Crippen molar-refractivity contribution in [2.45, 2.75) is 32.1 Å². The third-order valence-electron chi connectivity index (χ3n) is 1.70. The second-order valence-electron chi connectivity index (χ2n) is 2.75. The Bertz CT molecular complexity index is 56.6. The summed E-state index contributed by atoms with van der Waals surface area (Å²) in [6.07, 6.45) is 11.5. The highest BCUT2D eigenvalue weighted by molar-refractivity contribution is 7.98. The van der Waals surface area contributed by atoms with Crippen molar-refractivity contribution >= 4 is 23.5 Å². The summed E-state index contributed by atoms with van der Waals surface area (Å²) in [7, 11) is 0. The SMILES string of the molecule is CSCCCCCCCSC. The van der Waals surface area contributed by atoms with Crippen molar-refractivity contribution in [2.75, 3.05) is 24.0 Å². The van der Waals surface area contributed by atoms with Crippen LogP contribution in [0.15, 0.2) is 0 Å². The molecule has 11 heavy (non-hydrogen) atoms. The van der Waals surface area contributed by atoms with Crippen molar-refractivity contribution in [1.29, 1.82) is 0 Å². The van der Waals surface area contributed by atoms with Gasteiger partial charge in [0.1, 0.15) is 0 Å². The second-order valence-corrected chi connectivity index (χ2v) is 4.72. The highest BCUT2D eigenvalue weighted by atomic mass is 32.2. The maximum absolute atomic E-state index is 2.19. The summed E-state index contributed by atoms with van der Waals surface area (Å²) < 4.78 is 0. The molecule has 0 aromatic rings. The van der Waals surface area contributed by atoms with Gasteiger partial charge in [-0.1, -0.05) is 19.3 Å². The van der Waals surface area contributed by atoms with Gasteiger partial charge in [-0.2, -0.15) is 23.5 Å². The Morgan fingerprint density at radius 1 is 0.636 bits per heavy atom. The first kappa shape index (κ1) is 11.7. The smallest absolute Gasteiger partial charge is 0.00703 e. The summed E-state index contributed by atoms with van der Waals surface area (Å²) >= 11 is 3.93. The minimum Gasteiger partial charge on any atom is -0.165 e. The number of hydrogen-bond donors (Lipinski definition) is 0. The molecule has 0 nitrogen and oxygen atoms in total.